The van der Waals surface area contributed by atoms with E-state index in [9.17, 15) is 0 Å². The van der Waals surface area contributed by atoms with E-state index in [1.165, 1.54) is 0 Å². The third-order valence-corrected chi connectivity index (χ3v) is 3.07. The molecule has 98 valence electrons. The Morgan fingerprint density at radius 2 is 2.11 bits per heavy atom. The van der Waals surface area contributed by atoms with Gasteiger partial charge in [0.25, 0.3) is 0 Å². The van der Waals surface area contributed by atoms with Crippen molar-refractivity contribution in [3.63, 3.8) is 0 Å². The molecule has 0 amide bonds. The first-order chi connectivity index (χ1) is 9.22. The summed E-state index contributed by atoms with van der Waals surface area (Å²) >= 11 is 0. The molecule has 0 aromatic carbocycles. The van der Waals surface area contributed by atoms with Gasteiger partial charge >= 0.3 is 0 Å². The summed E-state index contributed by atoms with van der Waals surface area (Å²) < 4.78 is 1.83. The van der Waals surface area contributed by atoms with Crippen LogP contribution in [0.4, 0.5) is 5.95 Å². The molecule has 7 nitrogen and oxygen atoms in total. The SMILES string of the molecule is CCc1cc(CC)n(-c2nc(N)nc3[nH]ncc23)n1. The molecule has 0 unspecified atom stereocenters. The summed E-state index contributed by atoms with van der Waals surface area (Å²) in [6, 6.07) is 2.09. The molecule has 19 heavy (non-hydrogen) atoms. The van der Waals surface area contributed by atoms with Crippen LogP contribution >= 0.6 is 0 Å². The van der Waals surface area contributed by atoms with E-state index in [1.807, 2.05) is 4.68 Å². The monoisotopic (exact) mass is 257 g/mol. The van der Waals surface area contributed by atoms with Crippen molar-refractivity contribution in [1.29, 1.82) is 0 Å². The molecule has 0 radical (unpaired) electrons. The minimum absolute atomic E-state index is 0.211. The van der Waals surface area contributed by atoms with Crippen LogP contribution in [0.25, 0.3) is 16.9 Å². The number of hydrogen-bond acceptors (Lipinski definition) is 5. The van der Waals surface area contributed by atoms with Crippen LogP contribution in [0.3, 0.4) is 0 Å². The number of aryl methyl sites for hydroxylation is 2. The highest BCUT2D eigenvalue weighted by Crippen LogP contribution is 2.20. The van der Waals surface area contributed by atoms with Gasteiger partial charge in [0.15, 0.2) is 11.5 Å². The number of aromatic nitrogens is 6. The van der Waals surface area contributed by atoms with E-state index in [-0.39, 0.29) is 5.95 Å². The average molecular weight is 257 g/mol. The van der Waals surface area contributed by atoms with Crippen molar-refractivity contribution < 1.29 is 0 Å². The molecule has 0 saturated heterocycles. The number of rotatable bonds is 3. The lowest BCUT2D eigenvalue weighted by Crippen LogP contribution is -2.07. The number of aromatic amines is 1. The summed E-state index contributed by atoms with van der Waals surface area (Å²) in [5.74, 6) is 0.884. The zero-order valence-corrected chi connectivity index (χ0v) is 10.9. The third-order valence-electron chi connectivity index (χ3n) is 3.07. The maximum absolute atomic E-state index is 5.74. The molecule has 0 aliphatic heterocycles. The maximum atomic E-state index is 5.74. The van der Waals surface area contributed by atoms with E-state index in [2.05, 4.69) is 45.2 Å². The molecule has 0 bridgehead atoms. The molecule has 0 atom stereocenters. The van der Waals surface area contributed by atoms with Gasteiger partial charge in [-0.25, -0.2) is 4.68 Å². The number of nitrogens with one attached hydrogen (secondary N) is 1. The van der Waals surface area contributed by atoms with Crippen LogP contribution in [0.2, 0.25) is 0 Å². The van der Waals surface area contributed by atoms with Crippen molar-refractivity contribution >= 4 is 17.0 Å². The Morgan fingerprint density at radius 1 is 1.26 bits per heavy atom. The number of fused-ring (bicyclic) bond motifs is 1. The smallest absolute Gasteiger partial charge is 0.224 e. The van der Waals surface area contributed by atoms with E-state index in [1.54, 1.807) is 6.20 Å². The summed E-state index contributed by atoms with van der Waals surface area (Å²) in [7, 11) is 0. The van der Waals surface area contributed by atoms with Gasteiger partial charge < -0.3 is 5.73 Å². The van der Waals surface area contributed by atoms with E-state index < -0.39 is 0 Å². The van der Waals surface area contributed by atoms with Gasteiger partial charge in [-0.1, -0.05) is 13.8 Å². The molecule has 0 fully saturated rings. The van der Waals surface area contributed by atoms with Gasteiger partial charge in [0.05, 0.1) is 17.3 Å². The maximum Gasteiger partial charge on any atom is 0.224 e. The highest BCUT2D eigenvalue weighted by molar-refractivity contribution is 5.82. The summed E-state index contributed by atoms with van der Waals surface area (Å²) in [6.07, 6.45) is 3.45. The van der Waals surface area contributed by atoms with E-state index in [4.69, 9.17) is 5.73 Å². The molecular weight excluding hydrogens is 242 g/mol. The van der Waals surface area contributed by atoms with Crippen molar-refractivity contribution in [3.8, 4) is 5.82 Å². The zero-order valence-electron chi connectivity index (χ0n) is 10.9. The quantitative estimate of drug-likeness (QED) is 0.735. The molecule has 3 rings (SSSR count). The van der Waals surface area contributed by atoms with Gasteiger partial charge in [-0.3, -0.25) is 5.10 Å². The minimum Gasteiger partial charge on any atom is -0.368 e. The first kappa shape index (κ1) is 11.6. The topological polar surface area (TPSA) is 98.3 Å². The summed E-state index contributed by atoms with van der Waals surface area (Å²) in [4.78, 5) is 8.42. The van der Waals surface area contributed by atoms with Gasteiger partial charge in [-0.05, 0) is 18.9 Å². The second kappa shape index (κ2) is 4.34. The molecule has 7 heteroatoms. The molecule has 3 N–H and O–H groups in total. The lowest BCUT2D eigenvalue weighted by atomic mass is 10.2. The number of nitrogens with two attached hydrogens (primary N) is 1. The molecule has 0 saturated carbocycles. The molecule has 3 heterocycles. The Morgan fingerprint density at radius 3 is 2.84 bits per heavy atom. The van der Waals surface area contributed by atoms with Gasteiger partial charge in [0.2, 0.25) is 5.95 Å². The van der Waals surface area contributed by atoms with Crippen LogP contribution in [-0.2, 0) is 12.8 Å². The average Bonchev–Trinajstić information content (AvgIpc) is 3.03. The van der Waals surface area contributed by atoms with Crippen LogP contribution in [-0.4, -0.2) is 29.9 Å². The molecule has 0 spiro atoms. The minimum atomic E-state index is 0.211. The van der Waals surface area contributed by atoms with Gasteiger partial charge in [-0.15, -0.1) is 0 Å². The lowest BCUT2D eigenvalue weighted by Gasteiger charge is -2.06. The summed E-state index contributed by atoms with van der Waals surface area (Å²) in [6.45, 7) is 4.16. The normalized spacial score (nSPS) is 11.3. The highest BCUT2D eigenvalue weighted by atomic mass is 15.3. The lowest BCUT2D eigenvalue weighted by molar-refractivity contribution is 0.777. The van der Waals surface area contributed by atoms with Crippen molar-refractivity contribution in [1.82, 2.24) is 29.9 Å². The van der Waals surface area contributed by atoms with Crippen molar-refractivity contribution in [2.45, 2.75) is 26.7 Å². The Balaban J connectivity index is 2.28. The van der Waals surface area contributed by atoms with E-state index >= 15 is 0 Å². The van der Waals surface area contributed by atoms with Crippen LogP contribution < -0.4 is 5.73 Å². The van der Waals surface area contributed by atoms with Crippen LogP contribution in [0.5, 0.6) is 0 Å². The Bertz CT molecular complexity index is 725. The van der Waals surface area contributed by atoms with E-state index in [0.717, 1.165) is 29.6 Å². The van der Waals surface area contributed by atoms with Gasteiger partial charge in [0, 0.05) is 5.69 Å². The predicted octanol–water partition coefficient (Wildman–Crippen LogP) is 1.25. The van der Waals surface area contributed by atoms with E-state index in [0.29, 0.717) is 11.5 Å². The predicted molar refractivity (Wildman–Crippen MR) is 72.0 cm³/mol. The number of hydrogen-bond donors (Lipinski definition) is 2. The van der Waals surface area contributed by atoms with Crippen LogP contribution in [0.15, 0.2) is 12.3 Å². The zero-order chi connectivity index (χ0) is 13.4. The Labute approximate surface area is 109 Å². The largest absolute Gasteiger partial charge is 0.368 e. The number of H-pyrrole nitrogens is 1. The fraction of sp³-hybridized carbons (Fsp3) is 0.333. The number of nitrogens with zero attached hydrogens (tertiary/aromatic N) is 5. The third kappa shape index (κ3) is 1.83. The number of nitrogen functional groups attached to an aromatic ring is 1. The van der Waals surface area contributed by atoms with Gasteiger partial charge in [0.1, 0.15) is 0 Å². The second-order valence-electron chi connectivity index (χ2n) is 4.28. The van der Waals surface area contributed by atoms with Crippen molar-refractivity contribution in [2.75, 3.05) is 5.73 Å². The molecule has 3 aromatic heterocycles. The second-order valence-corrected chi connectivity index (χ2v) is 4.28. The summed E-state index contributed by atoms with van der Waals surface area (Å²) in [5.41, 5.74) is 8.49. The number of anilines is 1. The van der Waals surface area contributed by atoms with Crippen molar-refractivity contribution in [3.05, 3.63) is 23.7 Å². The Hall–Kier alpha value is -2.44. The Kier molecular flexibility index (Phi) is 2.66. The van der Waals surface area contributed by atoms with Gasteiger partial charge in [-0.2, -0.15) is 20.2 Å². The molecule has 3 aromatic rings. The highest BCUT2D eigenvalue weighted by Gasteiger charge is 2.14. The summed E-state index contributed by atoms with van der Waals surface area (Å²) in [5, 5.41) is 12.2. The fourth-order valence-electron chi connectivity index (χ4n) is 2.08. The molecule has 0 aliphatic carbocycles. The first-order valence-corrected chi connectivity index (χ1v) is 6.27. The molecular formula is C12H15N7. The fourth-order valence-corrected chi connectivity index (χ4v) is 2.08. The molecule has 0 aliphatic rings. The van der Waals surface area contributed by atoms with Crippen LogP contribution in [0, 0.1) is 0 Å². The standard InChI is InChI=1S/C12H15N7/c1-3-7-5-8(4-2)19(18-7)11-9-6-14-17-10(9)15-12(13)16-11/h5-6H,3-4H2,1-2H3,(H3,13,14,15,16,17). The van der Waals surface area contributed by atoms with Crippen LogP contribution in [0.1, 0.15) is 25.2 Å². The van der Waals surface area contributed by atoms with Crippen molar-refractivity contribution in [2.24, 2.45) is 0 Å². The first-order valence-electron chi connectivity index (χ1n) is 6.27.